The molecule has 2 aliphatic carbocycles. The number of nitrogens with zero attached hydrogens (tertiary/aromatic N) is 4. The molecule has 10 nitrogen and oxygen atoms in total. The molecule has 3 heterocycles. The first kappa shape index (κ1) is 34.5. The molecule has 3 atom stereocenters. The summed E-state index contributed by atoms with van der Waals surface area (Å²) < 4.78 is 7.22. The van der Waals surface area contributed by atoms with Gasteiger partial charge in [-0.2, -0.15) is 5.26 Å². The van der Waals surface area contributed by atoms with Gasteiger partial charge in [-0.05, 0) is 103 Å². The lowest BCUT2D eigenvalue weighted by Gasteiger charge is -2.46. The number of likely N-dealkylation sites (tertiary alicyclic amines) is 1. The Balaban J connectivity index is 1.27. The van der Waals surface area contributed by atoms with Crippen molar-refractivity contribution in [1.82, 2.24) is 19.8 Å². The number of carbonyl (C=O) groups is 2. The first-order valence-corrected chi connectivity index (χ1v) is 17.5. The van der Waals surface area contributed by atoms with Gasteiger partial charge in [0.25, 0.3) is 17.4 Å². The highest BCUT2D eigenvalue weighted by molar-refractivity contribution is 6.05. The fraction of sp³-hybridized carbons (Fsp3) is 0.513. The molecule has 2 aromatic heterocycles. The summed E-state index contributed by atoms with van der Waals surface area (Å²) in [6, 6.07) is 12.9. The number of pyridine rings is 2. The summed E-state index contributed by atoms with van der Waals surface area (Å²) in [5, 5.41) is 16.1. The minimum absolute atomic E-state index is 0.0567. The maximum Gasteiger partial charge on any atom is 0.263 e. The molecule has 0 radical (unpaired) electrons. The Morgan fingerprint density at radius 2 is 1.80 bits per heavy atom. The molecule has 1 aliphatic heterocycles. The van der Waals surface area contributed by atoms with Crippen molar-refractivity contribution in [3.05, 3.63) is 80.9 Å². The molecule has 10 heteroatoms. The van der Waals surface area contributed by atoms with Gasteiger partial charge in [0, 0.05) is 56.2 Å². The smallest absolute Gasteiger partial charge is 0.263 e. The monoisotopic (exact) mass is 664 g/mol. The first-order valence-electron chi connectivity index (χ1n) is 17.5. The Morgan fingerprint density at radius 1 is 1.06 bits per heavy atom. The zero-order valence-electron chi connectivity index (χ0n) is 29.5. The number of nitriles is 1. The van der Waals surface area contributed by atoms with E-state index >= 15 is 0 Å². The number of rotatable bonds is 13. The third kappa shape index (κ3) is 7.79. The Morgan fingerprint density at radius 3 is 2.43 bits per heavy atom. The number of amides is 2. The predicted octanol–water partition coefficient (Wildman–Crippen LogP) is 6.13. The van der Waals surface area contributed by atoms with Gasteiger partial charge in [0.1, 0.15) is 11.4 Å². The third-order valence-corrected chi connectivity index (χ3v) is 10.4. The van der Waals surface area contributed by atoms with E-state index in [1.54, 1.807) is 46.9 Å². The number of aromatic nitrogens is 2. The summed E-state index contributed by atoms with van der Waals surface area (Å²) in [6.45, 7) is 13.3. The number of anilines is 1. The number of benzene rings is 1. The quantitative estimate of drug-likeness (QED) is 0.225. The fourth-order valence-electron chi connectivity index (χ4n) is 6.74. The van der Waals surface area contributed by atoms with Gasteiger partial charge >= 0.3 is 0 Å². The largest absolute Gasteiger partial charge is 0.381 e. The molecule has 49 heavy (non-hydrogen) atoms. The minimum atomic E-state index is -0.512. The maximum atomic E-state index is 13.9. The summed E-state index contributed by atoms with van der Waals surface area (Å²) in [7, 11) is 1.73. The highest BCUT2D eigenvalue weighted by atomic mass is 16.5. The molecule has 258 valence electrons. The molecule has 2 saturated carbocycles. The van der Waals surface area contributed by atoms with Crippen molar-refractivity contribution in [2.24, 2.45) is 17.3 Å². The summed E-state index contributed by atoms with van der Waals surface area (Å²) in [5.41, 5.74) is 3.80. The second kappa shape index (κ2) is 13.9. The van der Waals surface area contributed by atoms with Gasteiger partial charge < -0.3 is 24.8 Å². The lowest BCUT2D eigenvalue weighted by molar-refractivity contribution is 0.0237. The number of ether oxygens (including phenoxy) is 1. The van der Waals surface area contributed by atoms with Crippen LogP contribution in [0.2, 0.25) is 0 Å². The van der Waals surface area contributed by atoms with E-state index in [4.69, 9.17) is 9.72 Å². The Bertz CT molecular complexity index is 1840. The van der Waals surface area contributed by atoms with E-state index in [0.717, 1.165) is 49.0 Å². The van der Waals surface area contributed by atoms with Gasteiger partial charge in [0.2, 0.25) is 0 Å². The normalized spacial score (nSPS) is 18.6. The highest BCUT2D eigenvalue weighted by Crippen LogP contribution is 2.42. The van der Waals surface area contributed by atoms with Crippen LogP contribution in [0.3, 0.4) is 0 Å². The molecule has 2 N–H and O–H groups in total. The number of hydrogen-bond donors (Lipinski definition) is 2. The molecule has 3 fully saturated rings. The fourth-order valence-corrected chi connectivity index (χ4v) is 6.74. The lowest BCUT2D eigenvalue weighted by Crippen LogP contribution is -2.55. The number of methoxy groups -OCH3 is 1. The van der Waals surface area contributed by atoms with Crippen molar-refractivity contribution in [3.63, 3.8) is 0 Å². The number of carbonyl (C=O) groups excluding carboxylic acids is 2. The van der Waals surface area contributed by atoms with Crippen LogP contribution in [-0.4, -0.2) is 59.1 Å². The van der Waals surface area contributed by atoms with Crippen LogP contribution < -0.4 is 16.2 Å². The van der Waals surface area contributed by atoms with Crippen LogP contribution >= 0.6 is 0 Å². The predicted molar refractivity (Wildman–Crippen MR) is 189 cm³/mol. The van der Waals surface area contributed by atoms with Crippen molar-refractivity contribution >= 4 is 17.6 Å². The van der Waals surface area contributed by atoms with Crippen molar-refractivity contribution in [2.75, 3.05) is 32.1 Å². The van der Waals surface area contributed by atoms with Crippen LogP contribution in [0.4, 0.5) is 5.82 Å². The number of nitrogens with one attached hydrogen (secondary N) is 2. The van der Waals surface area contributed by atoms with Gasteiger partial charge in [-0.3, -0.25) is 14.4 Å². The van der Waals surface area contributed by atoms with Crippen LogP contribution in [-0.2, 0) is 11.3 Å². The molecular formula is C39H48N6O4. The average molecular weight is 665 g/mol. The van der Waals surface area contributed by atoms with E-state index in [1.807, 2.05) is 12.3 Å². The molecule has 1 saturated heterocycles. The molecule has 0 bridgehead atoms. The Hall–Kier alpha value is -4.33. The van der Waals surface area contributed by atoms with Crippen LogP contribution in [0.1, 0.15) is 110 Å². The van der Waals surface area contributed by atoms with E-state index in [1.165, 1.54) is 0 Å². The summed E-state index contributed by atoms with van der Waals surface area (Å²) >= 11 is 0. The van der Waals surface area contributed by atoms with Gasteiger partial charge in [-0.1, -0.05) is 33.8 Å². The van der Waals surface area contributed by atoms with E-state index in [2.05, 4.69) is 51.3 Å². The zero-order valence-corrected chi connectivity index (χ0v) is 29.5. The van der Waals surface area contributed by atoms with E-state index < -0.39 is 5.91 Å². The number of hydrogen-bond acceptors (Lipinski definition) is 7. The molecule has 1 aromatic carbocycles. The Labute approximate surface area is 288 Å². The SMILES string of the molecule is COC(C)[C@@H](C)C(C)CNCc1cc(C(=O)Nc2cc(-c3ccc(C#N)cc3C(=O)N3CC(C)(C)C3)cc(C3CC3)n2)c(=O)n(C2CC2)c1. The molecule has 6 rings (SSSR count). The molecule has 0 spiro atoms. The van der Waals surface area contributed by atoms with E-state index in [9.17, 15) is 19.6 Å². The second-order valence-corrected chi connectivity index (χ2v) is 15.2. The van der Waals surface area contributed by atoms with Crippen molar-refractivity contribution in [3.8, 4) is 17.2 Å². The lowest BCUT2D eigenvalue weighted by atomic mass is 9.83. The molecule has 2 unspecified atom stereocenters. The molecular weight excluding hydrogens is 616 g/mol. The zero-order chi connectivity index (χ0) is 35.0. The van der Waals surface area contributed by atoms with Crippen LogP contribution in [0.5, 0.6) is 0 Å². The molecule has 3 aromatic rings. The summed E-state index contributed by atoms with van der Waals surface area (Å²) in [5.74, 6) is 0.698. The second-order valence-electron chi connectivity index (χ2n) is 15.2. The first-order chi connectivity index (χ1) is 23.4. The average Bonchev–Trinajstić information content (AvgIpc) is 4.00. The summed E-state index contributed by atoms with van der Waals surface area (Å²) in [4.78, 5) is 47.7. The topological polar surface area (TPSA) is 129 Å². The minimum Gasteiger partial charge on any atom is -0.381 e. The van der Waals surface area contributed by atoms with Gasteiger partial charge in [0.05, 0.1) is 17.7 Å². The van der Waals surface area contributed by atoms with E-state index in [-0.39, 0.29) is 40.5 Å². The standard InChI is InChI=1S/C39H48N6O4/c1-23(24(2)25(3)49-6)18-41-19-27-14-33(38(48)45(20-27)30-10-11-30)36(46)43-35-16-29(15-34(42-35)28-8-9-28)31-12-7-26(17-40)13-32(31)37(47)44-21-39(4,5)22-44/h7,12-16,20,23-25,28,30,41H,8-11,18-19,21-22H2,1-6H3,(H,42,43,46)/t23?,24-,25?/m0/s1. The van der Waals surface area contributed by atoms with E-state index in [0.29, 0.717) is 54.0 Å². The molecule has 2 amide bonds. The van der Waals surface area contributed by atoms with Crippen LogP contribution in [0, 0.1) is 28.6 Å². The van der Waals surface area contributed by atoms with Crippen molar-refractivity contribution < 1.29 is 14.3 Å². The van der Waals surface area contributed by atoms with Crippen molar-refractivity contribution in [2.45, 2.75) is 84.9 Å². The highest BCUT2D eigenvalue weighted by Gasteiger charge is 2.38. The van der Waals surface area contributed by atoms with Crippen LogP contribution in [0.15, 0.2) is 47.4 Å². The van der Waals surface area contributed by atoms with Gasteiger partial charge in [-0.25, -0.2) is 4.98 Å². The van der Waals surface area contributed by atoms with Crippen LogP contribution in [0.25, 0.3) is 11.1 Å². The molecule has 3 aliphatic rings. The Kier molecular flexibility index (Phi) is 9.79. The third-order valence-electron chi connectivity index (χ3n) is 10.4. The maximum absolute atomic E-state index is 13.9. The van der Waals surface area contributed by atoms with Gasteiger partial charge in [0.15, 0.2) is 0 Å². The summed E-state index contributed by atoms with van der Waals surface area (Å²) in [6.07, 6.45) is 5.84. The van der Waals surface area contributed by atoms with Crippen molar-refractivity contribution in [1.29, 1.82) is 5.26 Å². The van der Waals surface area contributed by atoms with Gasteiger partial charge in [-0.15, -0.1) is 0 Å².